The minimum absolute atomic E-state index is 0.422. The molecule has 0 aliphatic carbocycles. The van der Waals surface area contributed by atoms with Crippen molar-refractivity contribution in [3.8, 4) is 0 Å². The van der Waals surface area contributed by atoms with E-state index in [1.54, 1.807) is 0 Å². The molecular formula is C14H23N3S. The molecule has 1 rings (SSSR count). The maximum atomic E-state index is 5.84. The predicted molar refractivity (Wildman–Crippen MR) is 82.4 cm³/mol. The van der Waals surface area contributed by atoms with Crippen molar-refractivity contribution in [3.05, 3.63) is 23.0 Å². The summed E-state index contributed by atoms with van der Waals surface area (Å²) in [5.41, 5.74) is 9.75. The highest BCUT2D eigenvalue weighted by Crippen LogP contribution is 2.25. The Morgan fingerprint density at radius 3 is 2.61 bits per heavy atom. The number of rotatable bonds is 5. The molecule has 0 amide bonds. The third-order valence-corrected chi connectivity index (χ3v) is 3.51. The first-order valence-corrected chi connectivity index (χ1v) is 6.80. The summed E-state index contributed by atoms with van der Waals surface area (Å²) in [6.07, 6.45) is 2.31. The number of nitrogens with zero attached hydrogens (tertiary/aromatic N) is 2. The molecule has 1 heterocycles. The highest BCUT2D eigenvalue weighted by molar-refractivity contribution is 7.80. The van der Waals surface area contributed by atoms with Gasteiger partial charge in [-0.3, -0.25) is 4.98 Å². The molecule has 0 aromatic carbocycles. The van der Waals surface area contributed by atoms with E-state index in [9.17, 15) is 0 Å². The van der Waals surface area contributed by atoms with E-state index in [4.69, 9.17) is 18.0 Å². The second-order valence-corrected chi connectivity index (χ2v) is 5.30. The van der Waals surface area contributed by atoms with Gasteiger partial charge in [0.05, 0.1) is 11.3 Å². The van der Waals surface area contributed by atoms with Crippen molar-refractivity contribution in [1.82, 2.24) is 4.98 Å². The minimum atomic E-state index is 0.422. The Morgan fingerprint density at radius 2 is 2.11 bits per heavy atom. The summed E-state index contributed by atoms with van der Waals surface area (Å²) in [6.45, 7) is 8.38. The van der Waals surface area contributed by atoms with E-state index >= 15 is 0 Å². The van der Waals surface area contributed by atoms with Gasteiger partial charge in [0, 0.05) is 24.5 Å². The smallest absolute Gasteiger partial charge is 0.107 e. The fourth-order valence-corrected chi connectivity index (χ4v) is 2.49. The van der Waals surface area contributed by atoms with Gasteiger partial charge in [-0.15, -0.1) is 0 Å². The molecule has 0 spiro atoms. The van der Waals surface area contributed by atoms with Crippen molar-refractivity contribution < 1.29 is 0 Å². The summed E-state index contributed by atoms with van der Waals surface area (Å²) in [7, 11) is 2.09. The zero-order valence-electron chi connectivity index (χ0n) is 11.9. The highest BCUT2D eigenvalue weighted by Gasteiger charge is 2.17. The Kier molecular flexibility index (Phi) is 5.08. The number of aromatic nitrogens is 1. The first-order chi connectivity index (χ1) is 8.38. The molecule has 1 unspecified atom stereocenters. The van der Waals surface area contributed by atoms with E-state index in [1.807, 2.05) is 13.8 Å². The quantitative estimate of drug-likeness (QED) is 0.831. The lowest BCUT2D eigenvalue weighted by Gasteiger charge is -2.29. The van der Waals surface area contributed by atoms with Crippen LogP contribution in [0.15, 0.2) is 6.07 Å². The van der Waals surface area contributed by atoms with Gasteiger partial charge in [0.15, 0.2) is 0 Å². The van der Waals surface area contributed by atoms with Gasteiger partial charge in [0.1, 0.15) is 4.99 Å². The van der Waals surface area contributed by atoms with E-state index in [1.165, 1.54) is 0 Å². The average Bonchev–Trinajstić information content (AvgIpc) is 2.26. The second kappa shape index (κ2) is 6.14. The van der Waals surface area contributed by atoms with Crippen molar-refractivity contribution >= 4 is 22.9 Å². The summed E-state index contributed by atoms with van der Waals surface area (Å²) in [4.78, 5) is 7.12. The molecule has 4 heteroatoms. The number of hydrogen-bond acceptors (Lipinski definition) is 3. The average molecular weight is 265 g/mol. The van der Waals surface area contributed by atoms with Crippen LogP contribution in [0.5, 0.6) is 0 Å². The Hall–Kier alpha value is -1.16. The van der Waals surface area contributed by atoms with E-state index in [-0.39, 0.29) is 0 Å². The highest BCUT2D eigenvalue weighted by atomic mass is 32.1. The van der Waals surface area contributed by atoms with Crippen LogP contribution in [0.4, 0.5) is 5.69 Å². The second-order valence-electron chi connectivity index (χ2n) is 4.86. The summed E-state index contributed by atoms with van der Waals surface area (Å²) in [5.74, 6) is 0. The van der Waals surface area contributed by atoms with Crippen LogP contribution in [0.3, 0.4) is 0 Å². The van der Waals surface area contributed by atoms with Crippen LogP contribution in [-0.2, 0) is 0 Å². The van der Waals surface area contributed by atoms with Crippen LogP contribution in [0.25, 0.3) is 0 Å². The molecule has 18 heavy (non-hydrogen) atoms. The van der Waals surface area contributed by atoms with Gasteiger partial charge in [-0.1, -0.05) is 25.6 Å². The van der Waals surface area contributed by atoms with Crippen LogP contribution >= 0.6 is 12.2 Å². The van der Waals surface area contributed by atoms with Crippen LogP contribution in [0, 0.1) is 13.8 Å². The topological polar surface area (TPSA) is 42.2 Å². The molecule has 0 aliphatic rings. The van der Waals surface area contributed by atoms with E-state index in [2.05, 4.69) is 36.8 Å². The Bertz CT molecular complexity index is 443. The van der Waals surface area contributed by atoms with Gasteiger partial charge in [-0.2, -0.15) is 0 Å². The molecule has 1 aromatic rings. The van der Waals surface area contributed by atoms with Crippen molar-refractivity contribution in [2.45, 2.75) is 46.6 Å². The molecule has 0 saturated carbocycles. The Balaban J connectivity index is 3.25. The SMILES string of the molecule is CCCC(C)N(C)c1cc(C)nc(C)c1C(N)=S. The number of thiocarbonyl (C=S) groups is 1. The van der Waals surface area contributed by atoms with Gasteiger partial charge in [-0.05, 0) is 33.3 Å². The summed E-state index contributed by atoms with van der Waals surface area (Å²) >= 11 is 5.16. The number of aryl methyl sites for hydroxylation is 2. The number of anilines is 1. The molecule has 3 nitrogen and oxygen atoms in total. The molecule has 0 radical (unpaired) electrons. The van der Waals surface area contributed by atoms with Gasteiger partial charge < -0.3 is 10.6 Å². The minimum Gasteiger partial charge on any atom is -0.389 e. The van der Waals surface area contributed by atoms with Crippen LogP contribution in [0.1, 0.15) is 43.6 Å². The van der Waals surface area contributed by atoms with Crippen molar-refractivity contribution in [2.24, 2.45) is 5.73 Å². The van der Waals surface area contributed by atoms with Gasteiger partial charge in [0.2, 0.25) is 0 Å². The van der Waals surface area contributed by atoms with Crippen molar-refractivity contribution in [2.75, 3.05) is 11.9 Å². The lowest BCUT2D eigenvalue weighted by Crippen LogP contribution is -2.31. The first-order valence-electron chi connectivity index (χ1n) is 6.39. The van der Waals surface area contributed by atoms with Gasteiger partial charge in [0.25, 0.3) is 0 Å². The molecule has 0 fully saturated rings. The van der Waals surface area contributed by atoms with Crippen LogP contribution in [0.2, 0.25) is 0 Å². The van der Waals surface area contributed by atoms with E-state index in [0.717, 1.165) is 35.5 Å². The summed E-state index contributed by atoms with van der Waals surface area (Å²) in [5, 5.41) is 0. The Labute approximate surface area is 115 Å². The molecule has 0 bridgehead atoms. The molecular weight excluding hydrogens is 242 g/mol. The van der Waals surface area contributed by atoms with Crippen molar-refractivity contribution in [1.29, 1.82) is 0 Å². The standard InChI is InChI=1S/C14H23N3S/c1-6-7-10(3)17(5)12-8-9(2)16-11(4)13(12)14(15)18/h8,10H,6-7H2,1-5H3,(H2,15,18). The van der Waals surface area contributed by atoms with E-state index < -0.39 is 0 Å². The fourth-order valence-electron chi connectivity index (χ4n) is 2.24. The zero-order valence-corrected chi connectivity index (χ0v) is 12.8. The monoisotopic (exact) mass is 265 g/mol. The normalized spacial score (nSPS) is 12.3. The summed E-state index contributed by atoms with van der Waals surface area (Å²) in [6, 6.07) is 2.53. The molecule has 0 saturated heterocycles. The van der Waals surface area contributed by atoms with Gasteiger partial charge >= 0.3 is 0 Å². The fraction of sp³-hybridized carbons (Fsp3) is 0.571. The number of pyridine rings is 1. The Morgan fingerprint density at radius 1 is 1.50 bits per heavy atom. The summed E-state index contributed by atoms with van der Waals surface area (Å²) < 4.78 is 0. The first kappa shape index (κ1) is 14.9. The molecule has 1 aromatic heterocycles. The van der Waals surface area contributed by atoms with Crippen LogP contribution < -0.4 is 10.6 Å². The predicted octanol–water partition coefficient (Wildman–Crippen LogP) is 2.96. The lowest BCUT2D eigenvalue weighted by molar-refractivity contribution is 0.615. The third kappa shape index (κ3) is 3.19. The number of hydrogen-bond donors (Lipinski definition) is 1. The van der Waals surface area contributed by atoms with E-state index in [0.29, 0.717) is 11.0 Å². The number of nitrogens with two attached hydrogens (primary N) is 1. The molecule has 0 aliphatic heterocycles. The largest absolute Gasteiger partial charge is 0.389 e. The molecule has 100 valence electrons. The third-order valence-electron chi connectivity index (χ3n) is 3.30. The lowest BCUT2D eigenvalue weighted by atomic mass is 10.1. The van der Waals surface area contributed by atoms with Crippen LogP contribution in [-0.4, -0.2) is 23.1 Å². The molecule has 2 N–H and O–H groups in total. The van der Waals surface area contributed by atoms with Gasteiger partial charge in [-0.25, -0.2) is 0 Å². The molecule has 1 atom stereocenters. The van der Waals surface area contributed by atoms with Crippen molar-refractivity contribution in [3.63, 3.8) is 0 Å². The maximum Gasteiger partial charge on any atom is 0.107 e. The maximum absolute atomic E-state index is 5.84. The zero-order chi connectivity index (χ0) is 13.9.